The molecule has 0 aliphatic rings. The number of ether oxygens (including phenoxy) is 2. The Balaban J connectivity index is 1.88. The van der Waals surface area contributed by atoms with E-state index in [1.54, 1.807) is 24.3 Å². The van der Waals surface area contributed by atoms with Gasteiger partial charge in [-0.2, -0.15) is 0 Å². The molecule has 0 unspecified atom stereocenters. The normalized spacial score (nSPS) is 10.0. The maximum atomic E-state index is 12.1. The minimum atomic E-state index is -0.830. The highest BCUT2D eigenvalue weighted by Gasteiger charge is 2.18. The lowest BCUT2D eigenvalue weighted by molar-refractivity contribution is -0.125. The number of nitrogens with two attached hydrogens (primary N) is 1. The standard InChI is InChI=1S/C17H15BrClN3O5/c1-26-14-7-13(20)12(19)6-11(14)17(25)27-8-15(23)21-22-16(24)9-2-4-10(18)5-3-9/h2-7H,8,20H2,1H3,(H,21,23)(H,22,24). The second kappa shape index (κ2) is 9.24. The fraction of sp³-hybridized carbons (Fsp3) is 0.118. The van der Waals surface area contributed by atoms with Gasteiger partial charge in [-0.25, -0.2) is 4.79 Å². The fourth-order valence-corrected chi connectivity index (χ4v) is 2.37. The van der Waals surface area contributed by atoms with Gasteiger partial charge in [0.05, 0.1) is 17.8 Å². The van der Waals surface area contributed by atoms with E-state index in [9.17, 15) is 14.4 Å². The number of hydrogen-bond acceptors (Lipinski definition) is 6. The predicted molar refractivity (Wildman–Crippen MR) is 102 cm³/mol. The van der Waals surface area contributed by atoms with Crippen LogP contribution in [-0.2, 0) is 9.53 Å². The van der Waals surface area contributed by atoms with E-state index in [0.717, 1.165) is 4.47 Å². The molecule has 2 rings (SSSR count). The van der Waals surface area contributed by atoms with Crippen LogP contribution >= 0.6 is 27.5 Å². The van der Waals surface area contributed by atoms with Gasteiger partial charge in [0.25, 0.3) is 11.8 Å². The zero-order valence-corrected chi connectivity index (χ0v) is 16.4. The summed E-state index contributed by atoms with van der Waals surface area (Å²) in [6.45, 7) is -0.620. The Kier molecular flexibility index (Phi) is 7.03. The second-order valence-electron chi connectivity index (χ2n) is 5.16. The molecule has 0 radical (unpaired) electrons. The zero-order chi connectivity index (χ0) is 20.0. The molecule has 8 nitrogen and oxygen atoms in total. The van der Waals surface area contributed by atoms with E-state index < -0.39 is 24.4 Å². The minimum Gasteiger partial charge on any atom is -0.496 e. The average Bonchev–Trinajstić information content (AvgIpc) is 2.66. The highest BCUT2D eigenvalue weighted by Crippen LogP contribution is 2.29. The largest absolute Gasteiger partial charge is 0.496 e. The number of carbonyl (C=O) groups excluding carboxylic acids is 3. The Hall–Kier alpha value is -2.78. The van der Waals surface area contributed by atoms with Crippen LogP contribution in [0.15, 0.2) is 40.9 Å². The molecule has 0 fully saturated rings. The van der Waals surface area contributed by atoms with E-state index >= 15 is 0 Å². The molecule has 0 bridgehead atoms. The number of hydrogen-bond donors (Lipinski definition) is 3. The van der Waals surface area contributed by atoms with Crippen LogP contribution in [0.5, 0.6) is 5.75 Å². The lowest BCUT2D eigenvalue weighted by Crippen LogP contribution is -2.43. The summed E-state index contributed by atoms with van der Waals surface area (Å²) in [6, 6.07) is 9.17. The topological polar surface area (TPSA) is 120 Å². The van der Waals surface area contributed by atoms with Gasteiger partial charge in [0.1, 0.15) is 11.3 Å². The smallest absolute Gasteiger partial charge is 0.342 e. The van der Waals surface area contributed by atoms with Crippen LogP contribution in [0.3, 0.4) is 0 Å². The number of esters is 1. The molecule has 10 heteroatoms. The molecule has 0 aromatic heterocycles. The fourth-order valence-electron chi connectivity index (χ4n) is 1.94. The predicted octanol–water partition coefficient (Wildman–Crippen LogP) is 2.31. The highest BCUT2D eigenvalue weighted by molar-refractivity contribution is 9.10. The van der Waals surface area contributed by atoms with E-state index in [1.165, 1.54) is 19.2 Å². The first-order valence-electron chi connectivity index (χ1n) is 7.46. The quantitative estimate of drug-likeness (QED) is 0.361. The van der Waals surface area contributed by atoms with Crippen molar-refractivity contribution in [3.8, 4) is 5.75 Å². The first-order chi connectivity index (χ1) is 12.8. The Morgan fingerprint density at radius 2 is 1.81 bits per heavy atom. The van der Waals surface area contributed by atoms with Crippen molar-refractivity contribution in [2.75, 3.05) is 19.5 Å². The third-order valence-corrected chi connectivity index (χ3v) is 4.15. The molecular weight excluding hydrogens is 442 g/mol. The lowest BCUT2D eigenvalue weighted by Gasteiger charge is -2.11. The van der Waals surface area contributed by atoms with Crippen LogP contribution in [0.1, 0.15) is 20.7 Å². The van der Waals surface area contributed by atoms with Gasteiger partial charge in [-0.3, -0.25) is 20.4 Å². The molecule has 0 aliphatic heterocycles. The van der Waals surface area contributed by atoms with Crippen molar-refractivity contribution in [2.24, 2.45) is 0 Å². The van der Waals surface area contributed by atoms with Crippen LogP contribution in [0.4, 0.5) is 5.69 Å². The summed E-state index contributed by atoms with van der Waals surface area (Å²) < 4.78 is 10.8. The lowest BCUT2D eigenvalue weighted by atomic mass is 10.2. The molecule has 0 aliphatic carbocycles. The van der Waals surface area contributed by atoms with E-state index in [2.05, 4.69) is 26.8 Å². The molecule has 4 N–H and O–H groups in total. The molecule has 27 heavy (non-hydrogen) atoms. The van der Waals surface area contributed by atoms with Crippen molar-refractivity contribution in [3.05, 3.63) is 57.0 Å². The number of rotatable bonds is 5. The number of nitrogens with one attached hydrogen (secondary N) is 2. The number of anilines is 1. The number of benzene rings is 2. The van der Waals surface area contributed by atoms with Gasteiger partial charge in [0.15, 0.2) is 6.61 Å². The summed E-state index contributed by atoms with van der Waals surface area (Å²) in [6.07, 6.45) is 0. The molecule has 2 aromatic carbocycles. The summed E-state index contributed by atoms with van der Waals surface area (Å²) in [4.78, 5) is 35.7. The number of nitrogen functional groups attached to an aromatic ring is 1. The Bertz CT molecular complexity index is 874. The minimum absolute atomic E-state index is 0.0170. The van der Waals surface area contributed by atoms with Crippen LogP contribution in [0.25, 0.3) is 0 Å². The van der Waals surface area contributed by atoms with Crippen molar-refractivity contribution in [3.63, 3.8) is 0 Å². The van der Waals surface area contributed by atoms with Crippen molar-refractivity contribution < 1.29 is 23.9 Å². The molecule has 0 saturated carbocycles. The maximum Gasteiger partial charge on any atom is 0.342 e. The maximum absolute atomic E-state index is 12.1. The van der Waals surface area contributed by atoms with Crippen LogP contribution in [0.2, 0.25) is 5.02 Å². The molecule has 2 amide bonds. The van der Waals surface area contributed by atoms with Crippen LogP contribution in [-0.4, -0.2) is 31.5 Å². The number of carbonyl (C=O) groups is 3. The van der Waals surface area contributed by atoms with Gasteiger partial charge in [0.2, 0.25) is 0 Å². The summed E-state index contributed by atoms with van der Waals surface area (Å²) in [7, 11) is 1.35. The third-order valence-electron chi connectivity index (χ3n) is 3.29. The average molecular weight is 457 g/mol. The van der Waals surface area contributed by atoms with E-state index in [4.69, 9.17) is 26.8 Å². The van der Waals surface area contributed by atoms with Gasteiger partial charge in [-0.1, -0.05) is 27.5 Å². The van der Waals surface area contributed by atoms with Crippen molar-refractivity contribution in [1.29, 1.82) is 0 Å². The van der Waals surface area contributed by atoms with Gasteiger partial charge < -0.3 is 15.2 Å². The second-order valence-corrected chi connectivity index (χ2v) is 6.48. The Morgan fingerprint density at radius 3 is 2.44 bits per heavy atom. The van der Waals surface area contributed by atoms with E-state index in [-0.39, 0.29) is 22.0 Å². The zero-order valence-electron chi connectivity index (χ0n) is 14.0. The molecule has 0 atom stereocenters. The summed E-state index contributed by atoms with van der Waals surface area (Å²) in [5.74, 6) is -1.92. The summed E-state index contributed by atoms with van der Waals surface area (Å²) in [5.41, 5.74) is 10.6. The summed E-state index contributed by atoms with van der Waals surface area (Å²) in [5, 5.41) is 0.147. The first-order valence-corrected chi connectivity index (χ1v) is 8.63. The van der Waals surface area contributed by atoms with Gasteiger partial charge in [-0.05, 0) is 30.3 Å². The van der Waals surface area contributed by atoms with E-state index in [0.29, 0.717) is 5.56 Å². The molecule has 2 aromatic rings. The molecule has 0 heterocycles. The summed E-state index contributed by atoms with van der Waals surface area (Å²) >= 11 is 9.14. The van der Waals surface area contributed by atoms with Crippen molar-refractivity contribution in [2.45, 2.75) is 0 Å². The van der Waals surface area contributed by atoms with Gasteiger partial charge >= 0.3 is 5.97 Å². The molecule has 0 spiro atoms. The third kappa shape index (κ3) is 5.60. The Labute approximate surface area is 168 Å². The molecule has 0 saturated heterocycles. The van der Waals surface area contributed by atoms with Gasteiger partial charge in [0, 0.05) is 16.1 Å². The van der Waals surface area contributed by atoms with Crippen molar-refractivity contribution >= 4 is 51.0 Å². The van der Waals surface area contributed by atoms with Crippen molar-refractivity contribution in [1.82, 2.24) is 10.9 Å². The van der Waals surface area contributed by atoms with Crippen LogP contribution < -0.4 is 21.3 Å². The SMILES string of the molecule is COc1cc(N)c(Cl)cc1C(=O)OCC(=O)NNC(=O)c1ccc(Br)cc1. The van der Waals surface area contributed by atoms with E-state index in [1.807, 2.05) is 0 Å². The van der Waals surface area contributed by atoms with Crippen LogP contribution in [0, 0.1) is 0 Å². The number of hydrazine groups is 1. The first kappa shape index (κ1) is 20.5. The number of amides is 2. The number of halogens is 2. The Morgan fingerprint density at radius 1 is 1.15 bits per heavy atom. The van der Waals surface area contributed by atoms with Gasteiger partial charge in [-0.15, -0.1) is 0 Å². The molecule has 142 valence electrons. The number of methoxy groups -OCH3 is 1. The highest BCUT2D eigenvalue weighted by atomic mass is 79.9. The molecular formula is C17H15BrClN3O5. The monoisotopic (exact) mass is 455 g/mol.